The predicted octanol–water partition coefficient (Wildman–Crippen LogP) is 2.98. The number of nitrogens with one attached hydrogen (secondary N) is 1. The quantitative estimate of drug-likeness (QED) is 0.720. The Kier molecular flexibility index (Phi) is 4.82. The fraction of sp³-hybridized carbons (Fsp3) is 0.385. The van der Waals surface area contributed by atoms with Crippen LogP contribution < -0.4 is 11.1 Å². The van der Waals surface area contributed by atoms with Gasteiger partial charge in [0.15, 0.2) is 0 Å². The Morgan fingerprint density at radius 2 is 2.00 bits per heavy atom. The average molecular weight is 406 g/mol. The maximum atomic E-state index is 12.2. The van der Waals surface area contributed by atoms with Gasteiger partial charge in [0.05, 0.1) is 17.2 Å². The monoisotopic (exact) mass is 404 g/mol. The lowest BCUT2D eigenvalue weighted by molar-refractivity contribution is -0.120. The maximum Gasteiger partial charge on any atom is 0.337 e. The van der Waals surface area contributed by atoms with E-state index in [0.717, 1.165) is 19.3 Å². The first-order valence-corrected chi connectivity index (χ1v) is 7.77. The van der Waals surface area contributed by atoms with Crippen molar-refractivity contribution in [1.29, 1.82) is 0 Å². The molecular formula is C13H14Br2N2O3. The number of benzene rings is 1. The van der Waals surface area contributed by atoms with Crippen LogP contribution in [-0.2, 0) is 4.79 Å². The molecule has 1 aromatic rings. The molecule has 2 rings (SSSR count). The summed E-state index contributed by atoms with van der Waals surface area (Å²) in [4.78, 5) is 23.5. The normalized spacial score (nSPS) is 21.8. The molecule has 1 amide bonds. The van der Waals surface area contributed by atoms with Gasteiger partial charge in [-0.15, -0.1) is 0 Å². The number of amides is 1. The zero-order valence-corrected chi connectivity index (χ0v) is 13.7. The fourth-order valence-electron chi connectivity index (χ4n) is 2.40. The molecule has 0 aliphatic heterocycles. The molecule has 1 aromatic carbocycles. The summed E-state index contributed by atoms with van der Waals surface area (Å²) in [6.45, 7) is 0. The Morgan fingerprint density at radius 3 is 2.55 bits per heavy atom. The average Bonchev–Trinajstić information content (AvgIpc) is 2.78. The van der Waals surface area contributed by atoms with Gasteiger partial charge < -0.3 is 16.2 Å². The van der Waals surface area contributed by atoms with Gasteiger partial charge in [-0.1, -0.05) is 22.4 Å². The summed E-state index contributed by atoms with van der Waals surface area (Å²) < 4.78 is 1.14. The van der Waals surface area contributed by atoms with Gasteiger partial charge in [0.2, 0.25) is 5.91 Å². The first-order valence-electron chi connectivity index (χ1n) is 6.19. The van der Waals surface area contributed by atoms with E-state index in [1.165, 1.54) is 6.07 Å². The number of carbonyl (C=O) groups excluding carboxylic acids is 1. The summed E-state index contributed by atoms with van der Waals surface area (Å²) >= 11 is 6.51. The third-order valence-corrected chi connectivity index (χ3v) is 4.52. The Morgan fingerprint density at radius 1 is 1.30 bits per heavy atom. The number of carboxylic acid groups (broad SMARTS) is 1. The van der Waals surface area contributed by atoms with E-state index in [9.17, 15) is 14.7 Å². The van der Waals surface area contributed by atoms with Crippen LogP contribution in [0, 0.1) is 5.92 Å². The lowest BCUT2D eigenvalue weighted by Gasteiger charge is -2.17. The Hall–Kier alpha value is -0.920. The summed E-state index contributed by atoms with van der Waals surface area (Å²) in [6.07, 6.45) is 2.49. The van der Waals surface area contributed by atoms with Gasteiger partial charge in [0.25, 0.3) is 0 Å². The van der Waals surface area contributed by atoms with Crippen molar-refractivity contribution < 1.29 is 14.7 Å². The maximum absolute atomic E-state index is 12.2. The highest BCUT2D eigenvalue weighted by atomic mass is 79.9. The second-order valence-electron chi connectivity index (χ2n) is 4.81. The standard InChI is InChI=1S/C13H14Br2N2O3/c14-6-4-8(13(19)20)11(9(15)5-6)17-12(18)7-2-1-3-10(7)16/h4-5,7,10H,1-3,16H2,(H,17,18)(H,19,20). The molecule has 0 radical (unpaired) electrons. The molecule has 1 saturated carbocycles. The van der Waals surface area contributed by atoms with Crippen molar-refractivity contribution in [1.82, 2.24) is 0 Å². The molecular weight excluding hydrogens is 392 g/mol. The highest BCUT2D eigenvalue weighted by Gasteiger charge is 2.31. The fourth-order valence-corrected chi connectivity index (χ4v) is 3.72. The number of aromatic carboxylic acids is 1. The Bertz CT molecular complexity index is 563. The van der Waals surface area contributed by atoms with Crippen LogP contribution in [0.3, 0.4) is 0 Å². The Labute approximate surface area is 133 Å². The van der Waals surface area contributed by atoms with Crippen molar-refractivity contribution in [2.75, 3.05) is 5.32 Å². The van der Waals surface area contributed by atoms with Gasteiger partial charge in [0, 0.05) is 15.0 Å². The van der Waals surface area contributed by atoms with Gasteiger partial charge >= 0.3 is 5.97 Å². The molecule has 7 heteroatoms. The van der Waals surface area contributed by atoms with E-state index in [2.05, 4.69) is 37.2 Å². The number of hydrogen-bond donors (Lipinski definition) is 3. The van der Waals surface area contributed by atoms with Gasteiger partial charge in [0.1, 0.15) is 0 Å². The number of nitrogens with two attached hydrogens (primary N) is 1. The molecule has 1 fully saturated rings. The van der Waals surface area contributed by atoms with E-state index in [4.69, 9.17) is 5.73 Å². The van der Waals surface area contributed by atoms with Crippen LogP contribution in [0.15, 0.2) is 21.1 Å². The molecule has 0 saturated heterocycles. The van der Waals surface area contributed by atoms with Crippen LogP contribution in [-0.4, -0.2) is 23.0 Å². The summed E-state index contributed by atoms with van der Waals surface area (Å²) in [5, 5.41) is 11.9. The topological polar surface area (TPSA) is 92.4 Å². The molecule has 108 valence electrons. The number of anilines is 1. The van der Waals surface area contributed by atoms with Crippen molar-refractivity contribution >= 4 is 49.4 Å². The van der Waals surface area contributed by atoms with Crippen molar-refractivity contribution in [3.63, 3.8) is 0 Å². The summed E-state index contributed by atoms with van der Waals surface area (Å²) in [5.41, 5.74) is 6.20. The van der Waals surface area contributed by atoms with Crippen LogP contribution in [0.2, 0.25) is 0 Å². The molecule has 20 heavy (non-hydrogen) atoms. The molecule has 0 heterocycles. The van der Waals surface area contributed by atoms with E-state index in [1.54, 1.807) is 6.07 Å². The second-order valence-corrected chi connectivity index (χ2v) is 6.58. The molecule has 0 spiro atoms. The molecule has 1 aliphatic rings. The van der Waals surface area contributed by atoms with Gasteiger partial charge in [-0.05, 0) is 40.9 Å². The predicted molar refractivity (Wildman–Crippen MR) is 82.7 cm³/mol. The Balaban J connectivity index is 2.29. The summed E-state index contributed by atoms with van der Waals surface area (Å²) in [7, 11) is 0. The van der Waals surface area contributed by atoms with E-state index < -0.39 is 5.97 Å². The number of halogens is 2. The van der Waals surface area contributed by atoms with Crippen LogP contribution in [0.25, 0.3) is 0 Å². The van der Waals surface area contributed by atoms with Crippen molar-refractivity contribution in [3.05, 3.63) is 26.6 Å². The molecule has 4 N–H and O–H groups in total. The second kappa shape index (κ2) is 6.24. The highest BCUT2D eigenvalue weighted by Crippen LogP contribution is 2.32. The van der Waals surface area contributed by atoms with Crippen LogP contribution in [0.4, 0.5) is 5.69 Å². The molecule has 0 bridgehead atoms. The summed E-state index contributed by atoms with van der Waals surface area (Å²) in [5.74, 6) is -1.58. The molecule has 1 aliphatic carbocycles. The molecule has 0 aromatic heterocycles. The number of carbonyl (C=O) groups is 2. The van der Waals surface area contributed by atoms with Crippen LogP contribution in [0.5, 0.6) is 0 Å². The largest absolute Gasteiger partial charge is 0.478 e. The zero-order valence-electron chi connectivity index (χ0n) is 10.5. The van der Waals surface area contributed by atoms with E-state index in [0.29, 0.717) is 8.95 Å². The molecule has 5 nitrogen and oxygen atoms in total. The first-order chi connectivity index (χ1) is 9.40. The minimum absolute atomic E-state index is 0.0335. The van der Waals surface area contributed by atoms with Crippen LogP contribution >= 0.6 is 31.9 Å². The smallest absolute Gasteiger partial charge is 0.337 e. The van der Waals surface area contributed by atoms with E-state index in [1.807, 2.05) is 0 Å². The van der Waals surface area contributed by atoms with Crippen molar-refractivity contribution in [2.45, 2.75) is 25.3 Å². The number of hydrogen-bond acceptors (Lipinski definition) is 3. The lowest BCUT2D eigenvalue weighted by atomic mass is 10.0. The van der Waals surface area contributed by atoms with Gasteiger partial charge in [-0.3, -0.25) is 4.79 Å². The highest BCUT2D eigenvalue weighted by molar-refractivity contribution is 9.11. The minimum Gasteiger partial charge on any atom is -0.478 e. The van der Waals surface area contributed by atoms with E-state index in [-0.39, 0.29) is 29.1 Å². The minimum atomic E-state index is -1.10. The third-order valence-electron chi connectivity index (χ3n) is 3.44. The molecule has 2 unspecified atom stereocenters. The number of rotatable bonds is 3. The number of carboxylic acids is 1. The van der Waals surface area contributed by atoms with E-state index >= 15 is 0 Å². The van der Waals surface area contributed by atoms with Gasteiger partial charge in [-0.2, -0.15) is 0 Å². The van der Waals surface area contributed by atoms with Gasteiger partial charge in [-0.25, -0.2) is 4.79 Å². The first kappa shape index (κ1) is 15.5. The molecule has 2 atom stereocenters. The van der Waals surface area contributed by atoms with Crippen molar-refractivity contribution in [3.8, 4) is 0 Å². The van der Waals surface area contributed by atoms with Crippen LogP contribution in [0.1, 0.15) is 29.6 Å². The lowest BCUT2D eigenvalue weighted by Crippen LogP contribution is -2.34. The zero-order chi connectivity index (χ0) is 14.9. The third kappa shape index (κ3) is 3.21. The van der Waals surface area contributed by atoms with Crippen molar-refractivity contribution in [2.24, 2.45) is 11.7 Å². The SMILES string of the molecule is NC1CCCC1C(=O)Nc1c(Br)cc(Br)cc1C(=O)O. The summed E-state index contributed by atoms with van der Waals surface area (Å²) in [6, 6.07) is 2.99.